The van der Waals surface area contributed by atoms with E-state index in [-0.39, 0.29) is 5.91 Å². The van der Waals surface area contributed by atoms with Crippen molar-refractivity contribution >= 4 is 17.3 Å². The number of nitrogen functional groups attached to an aromatic ring is 1. The number of carbonyl (C=O) groups is 1. The highest BCUT2D eigenvalue weighted by molar-refractivity contribution is 6.03. The molecule has 0 spiro atoms. The lowest BCUT2D eigenvalue weighted by molar-refractivity contribution is 0.102. The van der Waals surface area contributed by atoms with Gasteiger partial charge in [-0.2, -0.15) is 0 Å². The van der Waals surface area contributed by atoms with Gasteiger partial charge in [0.1, 0.15) is 11.4 Å². The van der Waals surface area contributed by atoms with Gasteiger partial charge in [-0.15, -0.1) is 0 Å². The van der Waals surface area contributed by atoms with E-state index in [1.54, 1.807) is 31.4 Å². The summed E-state index contributed by atoms with van der Waals surface area (Å²) in [5, 5.41) is 2.77. The summed E-state index contributed by atoms with van der Waals surface area (Å²) in [6.07, 6.45) is 1.45. The van der Waals surface area contributed by atoms with Crippen LogP contribution in [0.4, 0.5) is 11.4 Å². The molecular formula is C14H15N3O2. The van der Waals surface area contributed by atoms with Gasteiger partial charge in [0.15, 0.2) is 0 Å². The van der Waals surface area contributed by atoms with Crippen molar-refractivity contribution in [2.75, 3.05) is 18.2 Å². The fourth-order valence-electron chi connectivity index (χ4n) is 1.69. The summed E-state index contributed by atoms with van der Waals surface area (Å²) in [5.74, 6) is 0.508. The molecule has 0 unspecified atom stereocenters. The lowest BCUT2D eigenvalue weighted by atomic mass is 10.2. The molecule has 2 aromatic rings. The van der Waals surface area contributed by atoms with Gasteiger partial charge in [-0.25, -0.2) is 4.98 Å². The smallest absolute Gasteiger partial charge is 0.274 e. The number of carbonyl (C=O) groups excluding carboxylic acids is 1. The first-order chi connectivity index (χ1) is 9.10. The molecule has 0 atom stereocenters. The molecule has 5 heteroatoms. The minimum absolute atomic E-state index is 0.274. The molecule has 0 aliphatic heterocycles. The Morgan fingerprint density at radius 1 is 1.32 bits per heavy atom. The van der Waals surface area contributed by atoms with E-state index < -0.39 is 0 Å². The van der Waals surface area contributed by atoms with Crippen molar-refractivity contribution in [2.24, 2.45) is 0 Å². The average molecular weight is 257 g/mol. The van der Waals surface area contributed by atoms with Gasteiger partial charge < -0.3 is 15.8 Å². The zero-order chi connectivity index (χ0) is 13.8. The lowest BCUT2D eigenvalue weighted by Crippen LogP contribution is -2.13. The van der Waals surface area contributed by atoms with Crippen molar-refractivity contribution in [2.45, 2.75) is 6.92 Å². The van der Waals surface area contributed by atoms with E-state index >= 15 is 0 Å². The molecule has 5 nitrogen and oxygen atoms in total. The van der Waals surface area contributed by atoms with Crippen molar-refractivity contribution in [3.05, 3.63) is 47.8 Å². The molecule has 1 amide bonds. The number of benzene rings is 1. The second kappa shape index (κ2) is 5.39. The number of methoxy groups -OCH3 is 1. The van der Waals surface area contributed by atoms with Crippen LogP contribution in [-0.2, 0) is 0 Å². The highest BCUT2D eigenvalue weighted by Gasteiger charge is 2.08. The number of aromatic nitrogens is 1. The molecule has 1 heterocycles. The number of hydrogen-bond donors (Lipinski definition) is 2. The number of amides is 1. The van der Waals surface area contributed by atoms with Crippen molar-refractivity contribution in [1.29, 1.82) is 0 Å². The van der Waals surface area contributed by atoms with E-state index in [4.69, 9.17) is 10.5 Å². The molecule has 3 N–H and O–H groups in total. The largest absolute Gasteiger partial charge is 0.496 e. The summed E-state index contributed by atoms with van der Waals surface area (Å²) in [5.41, 5.74) is 8.02. The van der Waals surface area contributed by atoms with Crippen molar-refractivity contribution in [3.8, 4) is 5.75 Å². The van der Waals surface area contributed by atoms with Gasteiger partial charge in [-0.3, -0.25) is 4.79 Å². The van der Waals surface area contributed by atoms with Crippen LogP contribution in [0, 0.1) is 6.92 Å². The van der Waals surface area contributed by atoms with Gasteiger partial charge >= 0.3 is 0 Å². The molecule has 1 aromatic heterocycles. The van der Waals surface area contributed by atoms with E-state index in [1.165, 1.54) is 6.20 Å². The van der Waals surface area contributed by atoms with E-state index in [2.05, 4.69) is 10.3 Å². The predicted octanol–water partition coefficient (Wildman–Crippen LogP) is 2.23. The molecule has 0 saturated heterocycles. The molecule has 0 saturated carbocycles. The zero-order valence-electron chi connectivity index (χ0n) is 10.8. The van der Waals surface area contributed by atoms with Gasteiger partial charge in [0.05, 0.1) is 19.0 Å². The van der Waals surface area contributed by atoms with Gasteiger partial charge in [0, 0.05) is 5.69 Å². The summed E-state index contributed by atoms with van der Waals surface area (Å²) in [4.78, 5) is 15.9. The first-order valence-corrected chi connectivity index (χ1v) is 5.77. The fourth-order valence-corrected chi connectivity index (χ4v) is 1.69. The van der Waals surface area contributed by atoms with Gasteiger partial charge in [0.25, 0.3) is 5.91 Å². The summed E-state index contributed by atoms with van der Waals surface area (Å²) < 4.78 is 5.16. The maximum atomic E-state index is 11.9. The number of nitrogens with zero attached hydrogens (tertiary/aromatic N) is 1. The summed E-state index contributed by atoms with van der Waals surface area (Å²) in [7, 11) is 1.61. The molecule has 0 radical (unpaired) electrons. The number of nitrogens with one attached hydrogen (secondary N) is 1. The standard InChI is InChI=1S/C14H15N3O2/c1-9-7-11(4-6-13(9)19-2)17-14(18)12-5-3-10(15)8-16-12/h3-8H,15H2,1-2H3,(H,17,18). The Bertz CT molecular complexity index is 594. The highest BCUT2D eigenvalue weighted by Crippen LogP contribution is 2.21. The second-order valence-electron chi connectivity index (χ2n) is 4.12. The lowest BCUT2D eigenvalue weighted by Gasteiger charge is -2.08. The molecule has 1 aromatic carbocycles. The van der Waals surface area contributed by atoms with Gasteiger partial charge in [-0.1, -0.05) is 0 Å². The topological polar surface area (TPSA) is 77.2 Å². The van der Waals surface area contributed by atoms with E-state index in [1.807, 2.05) is 13.0 Å². The SMILES string of the molecule is COc1ccc(NC(=O)c2ccc(N)cn2)cc1C. The van der Waals surface area contributed by atoms with Crippen LogP contribution >= 0.6 is 0 Å². The predicted molar refractivity (Wildman–Crippen MR) is 74.3 cm³/mol. The molecule has 98 valence electrons. The Kier molecular flexibility index (Phi) is 3.66. The molecule has 0 aliphatic carbocycles. The van der Waals surface area contributed by atoms with Crippen LogP contribution in [0.2, 0.25) is 0 Å². The maximum absolute atomic E-state index is 11.9. The molecule has 0 aliphatic rings. The third-order valence-corrected chi connectivity index (χ3v) is 2.67. The molecule has 2 rings (SSSR count). The zero-order valence-corrected chi connectivity index (χ0v) is 10.8. The summed E-state index contributed by atoms with van der Waals surface area (Å²) >= 11 is 0. The maximum Gasteiger partial charge on any atom is 0.274 e. The van der Waals surface area contributed by atoms with Crippen LogP contribution in [0.1, 0.15) is 16.1 Å². The molecule has 0 bridgehead atoms. The Balaban J connectivity index is 2.14. The van der Waals surface area contributed by atoms with E-state index in [9.17, 15) is 4.79 Å². The van der Waals surface area contributed by atoms with Crippen LogP contribution in [0.25, 0.3) is 0 Å². The number of pyridine rings is 1. The van der Waals surface area contributed by atoms with Crippen molar-refractivity contribution < 1.29 is 9.53 Å². The number of anilines is 2. The van der Waals surface area contributed by atoms with E-state index in [0.29, 0.717) is 17.1 Å². The van der Waals surface area contributed by atoms with Crippen molar-refractivity contribution in [3.63, 3.8) is 0 Å². The number of hydrogen-bond acceptors (Lipinski definition) is 4. The third kappa shape index (κ3) is 3.01. The molecule has 0 fully saturated rings. The van der Waals surface area contributed by atoms with Gasteiger partial charge in [-0.05, 0) is 42.8 Å². The number of nitrogens with two attached hydrogens (primary N) is 1. The Labute approximate surface area is 111 Å². The van der Waals surface area contributed by atoms with Gasteiger partial charge in [0.2, 0.25) is 0 Å². The Morgan fingerprint density at radius 2 is 2.11 bits per heavy atom. The highest BCUT2D eigenvalue weighted by atomic mass is 16.5. The van der Waals surface area contributed by atoms with Crippen LogP contribution in [0.15, 0.2) is 36.5 Å². The van der Waals surface area contributed by atoms with Crippen LogP contribution in [0.3, 0.4) is 0 Å². The van der Waals surface area contributed by atoms with Crippen LogP contribution in [-0.4, -0.2) is 18.0 Å². The normalized spacial score (nSPS) is 10.0. The Hall–Kier alpha value is -2.56. The van der Waals surface area contributed by atoms with Crippen molar-refractivity contribution in [1.82, 2.24) is 4.98 Å². The molecular weight excluding hydrogens is 242 g/mol. The average Bonchev–Trinajstić information content (AvgIpc) is 2.39. The van der Waals surface area contributed by atoms with E-state index in [0.717, 1.165) is 11.3 Å². The third-order valence-electron chi connectivity index (χ3n) is 2.67. The minimum atomic E-state index is -0.274. The minimum Gasteiger partial charge on any atom is -0.496 e. The quantitative estimate of drug-likeness (QED) is 0.884. The second-order valence-corrected chi connectivity index (χ2v) is 4.12. The number of rotatable bonds is 3. The monoisotopic (exact) mass is 257 g/mol. The number of aryl methyl sites for hydroxylation is 1. The summed E-state index contributed by atoms with van der Waals surface area (Å²) in [6.45, 7) is 1.91. The van der Waals surface area contributed by atoms with Crippen LogP contribution in [0.5, 0.6) is 5.75 Å². The Morgan fingerprint density at radius 3 is 2.68 bits per heavy atom. The first-order valence-electron chi connectivity index (χ1n) is 5.77. The first kappa shape index (κ1) is 12.9. The molecule has 19 heavy (non-hydrogen) atoms. The van der Waals surface area contributed by atoms with Crippen LogP contribution < -0.4 is 15.8 Å². The fraction of sp³-hybridized carbons (Fsp3) is 0.143. The number of ether oxygens (including phenoxy) is 1. The summed E-state index contributed by atoms with van der Waals surface area (Å²) in [6, 6.07) is 8.65.